The number of pyridine rings is 3. The van der Waals surface area contributed by atoms with E-state index in [9.17, 15) is 0 Å². The van der Waals surface area contributed by atoms with Crippen LogP contribution in [0.5, 0.6) is 5.75 Å². The van der Waals surface area contributed by atoms with Crippen molar-refractivity contribution in [1.82, 2.24) is 15.0 Å². The van der Waals surface area contributed by atoms with Gasteiger partial charge < -0.3 is 20.8 Å². The Bertz CT molecular complexity index is 1130. The average Bonchev–Trinajstić information content (AvgIpc) is 2.78. The Labute approximate surface area is 168 Å². The predicted molar refractivity (Wildman–Crippen MR) is 115 cm³/mol. The molecule has 3 heterocycles. The Hall–Kier alpha value is -3.91. The quantitative estimate of drug-likeness (QED) is 0.281. The summed E-state index contributed by atoms with van der Waals surface area (Å²) in [7, 11) is 1.60. The van der Waals surface area contributed by atoms with Crippen LogP contribution in [0.4, 0.5) is 23.0 Å². The maximum atomic E-state index is 5.65. The van der Waals surface area contributed by atoms with Gasteiger partial charge in [0.1, 0.15) is 11.6 Å². The predicted octanol–water partition coefficient (Wildman–Crippen LogP) is 3.67. The number of anilines is 4. The first-order valence-electron chi connectivity index (χ1n) is 9.06. The molecule has 4 aromatic rings. The molecule has 0 atom stereocenters. The molecule has 0 aliphatic rings. The van der Waals surface area contributed by atoms with E-state index in [1.807, 2.05) is 42.5 Å². The first-order valence-corrected chi connectivity index (χ1v) is 9.06. The monoisotopic (exact) mass is 387 g/mol. The third-order valence-electron chi connectivity index (χ3n) is 4.40. The number of nitrogens with zero attached hydrogens (tertiary/aromatic N) is 3. The SMILES string of the molecule is COc1cncc(Nc2ccc(NN)c(NCc3ccc4ncccc4c3)n2)c1. The Morgan fingerprint density at radius 3 is 2.86 bits per heavy atom. The van der Waals surface area contributed by atoms with Gasteiger partial charge in [0.2, 0.25) is 0 Å². The van der Waals surface area contributed by atoms with Gasteiger partial charge in [-0.25, -0.2) is 4.98 Å². The molecule has 8 heteroatoms. The summed E-state index contributed by atoms with van der Waals surface area (Å²) in [5.74, 6) is 7.61. The third kappa shape index (κ3) is 4.33. The van der Waals surface area contributed by atoms with Crippen molar-refractivity contribution in [3.63, 3.8) is 0 Å². The smallest absolute Gasteiger partial charge is 0.153 e. The lowest BCUT2D eigenvalue weighted by atomic mass is 10.1. The Morgan fingerprint density at radius 2 is 2.00 bits per heavy atom. The first kappa shape index (κ1) is 18.5. The van der Waals surface area contributed by atoms with Crippen LogP contribution in [0, 0.1) is 0 Å². The van der Waals surface area contributed by atoms with Gasteiger partial charge in [0.15, 0.2) is 5.82 Å². The topological polar surface area (TPSA) is 110 Å². The van der Waals surface area contributed by atoms with E-state index < -0.39 is 0 Å². The van der Waals surface area contributed by atoms with Gasteiger partial charge in [0.25, 0.3) is 0 Å². The number of ether oxygens (including phenoxy) is 1. The second-order valence-electron chi connectivity index (χ2n) is 6.36. The fourth-order valence-corrected chi connectivity index (χ4v) is 2.95. The highest BCUT2D eigenvalue weighted by Gasteiger charge is 2.07. The van der Waals surface area contributed by atoms with Gasteiger partial charge in [0, 0.05) is 24.2 Å². The molecule has 146 valence electrons. The number of rotatable bonds is 7. The number of nitrogens with two attached hydrogens (primary N) is 1. The second-order valence-corrected chi connectivity index (χ2v) is 6.36. The van der Waals surface area contributed by atoms with Crippen LogP contribution in [0.2, 0.25) is 0 Å². The molecule has 1 aromatic carbocycles. The number of nitrogen functional groups attached to an aromatic ring is 1. The zero-order chi connectivity index (χ0) is 20.1. The average molecular weight is 387 g/mol. The van der Waals surface area contributed by atoms with Crippen molar-refractivity contribution in [1.29, 1.82) is 0 Å². The molecular weight excluding hydrogens is 366 g/mol. The molecule has 0 aliphatic heterocycles. The number of benzene rings is 1. The van der Waals surface area contributed by atoms with Gasteiger partial charge in [-0.15, -0.1) is 0 Å². The van der Waals surface area contributed by atoms with Crippen molar-refractivity contribution in [2.45, 2.75) is 6.54 Å². The lowest BCUT2D eigenvalue weighted by molar-refractivity contribution is 0.413. The summed E-state index contributed by atoms with van der Waals surface area (Å²) in [5, 5.41) is 7.66. The van der Waals surface area contributed by atoms with E-state index in [1.165, 1.54) is 0 Å². The minimum absolute atomic E-state index is 0.594. The Morgan fingerprint density at radius 1 is 1.07 bits per heavy atom. The Kier molecular flexibility index (Phi) is 5.35. The number of nitrogens with one attached hydrogen (secondary N) is 3. The normalized spacial score (nSPS) is 10.6. The maximum Gasteiger partial charge on any atom is 0.153 e. The molecule has 0 aliphatic carbocycles. The Balaban J connectivity index is 1.52. The second kappa shape index (κ2) is 8.41. The third-order valence-corrected chi connectivity index (χ3v) is 4.40. The number of hydrazine groups is 1. The van der Waals surface area contributed by atoms with Gasteiger partial charge in [-0.1, -0.05) is 12.1 Å². The van der Waals surface area contributed by atoms with E-state index in [1.54, 1.807) is 25.7 Å². The van der Waals surface area contributed by atoms with Gasteiger partial charge in [-0.2, -0.15) is 0 Å². The summed E-state index contributed by atoms with van der Waals surface area (Å²) in [4.78, 5) is 13.1. The van der Waals surface area contributed by atoms with Crippen molar-refractivity contribution < 1.29 is 4.74 Å². The van der Waals surface area contributed by atoms with Crippen LogP contribution in [0.1, 0.15) is 5.56 Å². The van der Waals surface area contributed by atoms with Crippen LogP contribution in [-0.4, -0.2) is 22.1 Å². The summed E-state index contributed by atoms with van der Waals surface area (Å²) in [5.41, 5.74) is 6.23. The number of aromatic nitrogens is 3. The molecule has 0 saturated carbocycles. The molecule has 5 N–H and O–H groups in total. The van der Waals surface area contributed by atoms with E-state index in [-0.39, 0.29) is 0 Å². The van der Waals surface area contributed by atoms with E-state index in [4.69, 9.17) is 10.6 Å². The van der Waals surface area contributed by atoms with Crippen molar-refractivity contribution in [2.24, 2.45) is 5.84 Å². The van der Waals surface area contributed by atoms with Gasteiger partial charge in [-0.05, 0) is 35.9 Å². The summed E-state index contributed by atoms with van der Waals surface area (Å²) in [6.45, 7) is 0.594. The standard InChI is InChI=1S/C21H21N7O/c1-29-17-10-16(12-23-13-17)26-20-7-6-19(28-22)21(27-20)25-11-14-4-5-18-15(9-14)3-2-8-24-18/h2-10,12-13,28H,11,22H2,1H3,(H2,25,26,27). The van der Waals surface area contributed by atoms with E-state index in [0.29, 0.717) is 29.6 Å². The zero-order valence-electron chi connectivity index (χ0n) is 15.9. The highest BCUT2D eigenvalue weighted by atomic mass is 16.5. The van der Waals surface area contributed by atoms with Gasteiger partial charge in [0.05, 0.1) is 36.4 Å². The molecule has 0 fully saturated rings. The summed E-state index contributed by atoms with van der Waals surface area (Å²) in [6, 6.07) is 15.7. The maximum absolute atomic E-state index is 5.65. The molecule has 0 radical (unpaired) electrons. The highest BCUT2D eigenvalue weighted by molar-refractivity contribution is 5.79. The van der Waals surface area contributed by atoms with Crippen molar-refractivity contribution in [3.8, 4) is 5.75 Å². The minimum atomic E-state index is 0.594. The molecule has 29 heavy (non-hydrogen) atoms. The lowest BCUT2D eigenvalue weighted by Gasteiger charge is -2.14. The molecule has 0 bridgehead atoms. The molecule has 8 nitrogen and oxygen atoms in total. The molecule has 0 saturated heterocycles. The molecule has 4 rings (SSSR count). The number of hydrogen-bond acceptors (Lipinski definition) is 8. The molecule has 0 spiro atoms. The molecular formula is C21H21N7O. The van der Waals surface area contributed by atoms with Crippen LogP contribution in [0.25, 0.3) is 10.9 Å². The van der Waals surface area contributed by atoms with Gasteiger partial charge >= 0.3 is 0 Å². The van der Waals surface area contributed by atoms with Crippen molar-refractivity contribution in [2.75, 3.05) is 23.2 Å². The van der Waals surface area contributed by atoms with E-state index >= 15 is 0 Å². The molecule has 3 aromatic heterocycles. The highest BCUT2D eigenvalue weighted by Crippen LogP contribution is 2.25. The van der Waals surface area contributed by atoms with Crippen LogP contribution in [-0.2, 0) is 6.54 Å². The molecule has 0 unspecified atom stereocenters. The van der Waals surface area contributed by atoms with Crippen molar-refractivity contribution in [3.05, 3.63) is 72.7 Å². The summed E-state index contributed by atoms with van der Waals surface area (Å²) < 4.78 is 5.20. The fourth-order valence-electron chi connectivity index (χ4n) is 2.95. The van der Waals surface area contributed by atoms with Crippen LogP contribution in [0.15, 0.2) is 67.1 Å². The van der Waals surface area contributed by atoms with Crippen LogP contribution < -0.4 is 26.6 Å². The van der Waals surface area contributed by atoms with Crippen LogP contribution in [0.3, 0.4) is 0 Å². The number of fused-ring (bicyclic) bond motifs is 1. The fraction of sp³-hybridized carbons (Fsp3) is 0.0952. The van der Waals surface area contributed by atoms with E-state index in [0.717, 1.165) is 22.2 Å². The molecule has 0 amide bonds. The van der Waals surface area contributed by atoms with Gasteiger partial charge in [-0.3, -0.25) is 15.8 Å². The lowest BCUT2D eigenvalue weighted by Crippen LogP contribution is -2.12. The first-order chi connectivity index (χ1) is 14.2. The van der Waals surface area contributed by atoms with Crippen molar-refractivity contribution >= 4 is 33.9 Å². The largest absolute Gasteiger partial charge is 0.495 e. The number of methoxy groups -OCH3 is 1. The summed E-state index contributed by atoms with van der Waals surface area (Å²) >= 11 is 0. The minimum Gasteiger partial charge on any atom is -0.495 e. The zero-order valence-corrected chi connectivity index (χ0v) is 15.9. The van der Waals surface area contributed by atoms with E-state index in [2.05, 4.69) is 37.1 Å². The summed E-state index contributed by atoms with van der Waals surface area (Å²) in [6.07, 6.45) is 5.14. The van der Waals surface area contributed by atoms with Crippen LogP contribution >= 0.6 is 0 Å². The number of hydrogen-bond donors (Lipinski definition) is 4.